The second-order valence-electron chi connectivity index (χ2n) is 11.1. The minimum Gasteiger partial charge on any atom is -0.473 e. The van der Waals surface area contributed by atoms with Crippen LogP contribution in [-0.2, 0) is 24.3 Å². The van der Waals surface area contributed by atoms with Crippen molar-refractivity contribution in [3.05, 3.63) is 30.2 Å². The fourth-order valence-electron chi connectivity index (χ4n) is 4.19. The molecular formula is C26H39FN4O7S. The van der Waals surface area contributed by atoms with Crippen LogP contribution in [0.4, 0.5) is 9.18 Å². The van der Waals surface area contributed by atoms with E-state index in [1.165, 1.54) is 22.6 Å². The van der Waals surface area contributed by atoms with Crippen LogP contribution >= 0.6 is 0 Å². The molecule has 2 fully saturated rings. The molecule has 1 aromatic rings. The Balaban J connectivity index is 1.50. The Morgan fingerprint density at radius 1 is 1.23 bits per heavy atom. The number of rotatable bonds is 9. The van der Waals surface area contributed by atoms with Gasteiger partial charge in [0.2, 0.25) is 21.8 Å². The molecule has 2 amide bonds. The van der Waals surface area contributed by atoms with E-state index in [9.17, 15) is 22.4 Å². The van der Waals surface area contributed by atoms with Crippen molar-refractivity contribution in [3.63, 3.8) is 0 Å². The van der Waals surface area contributed by atoms with E-state index in [1.807, 2.05) is 6.92 Å². The molecule has 2 aliphatic rings. The van der Waals surface area contributed by atoms with Crippen LogP contribution in [0.3, 0.4) is 0 Å². The van der Waals surface area contributed by atoms with Crippen LogP contribution in [0.15, 0.2) is 35.1 Å². The van der Waals surface area contributed by atoms with Crippen molar-refractivity contribution < 1.29 is 36.6 Å². The van der Waals surface area contributed by atoms with Gasteiger partial charge in [0.25, 0.3) is 0 Å². The third kappa shape index (κ3) is 8.87. The molecule has 3 heterocycles. The van der Waals surface area contributed by atoms with Crippen LogP contribution in [0.5, 0.6) is 5.88 Å². The molecule has 11 nitrogen and oxygen atoms in total. The standard InChI is InChI=1S/C26H39FN4O7S/c1-25(2,3)38-24(33)29-16-19(15-27)18-37-22-6-5-21(17-28-22)39(34,35)31-11-9-26(4,10-12-31)23(32)30-20-7-13-36-14-8-20/h5-6,15,17,20H,7-14,16,18H2,1-4H3,(H,29,33)(H,30,32). The lowest BCUT2D eigenvalue weighted by Gasteiger charge is -2.38. The predicted molar refractivity (Wildman–Crippen MR) is 141 cm³/mol. The quantitative estimate of drug-likeness (QED) is 0.463. The number of carbonyl (C=O) groups is 2. The first kappa shape index (κ1) is 30.8. The van der Waals surface area contributed by atoms with Gasteiger partial charge < -0.3 is 24.8 Å². The van der Waals surface area contributed by atoms with Gasteiger partial charge >= 0.3 is 6.09 Å². The Morgan fingerprint density at radius 2 is 1.90 bits per heavy atom. The van der Waals surface area contributed by atoms with Crippen LogP contribution in [0.1, 0.15) is 53.4 Å². The summed E-state index contributed by atoms with van der Waals surface area (Å²) in [6.45, 7) is 8.39. The fraction of sp³-hybridized carbons (Fsp3) is 0.654. The number of sulfonamides is 1. The molecule has 0 bridgehead atoms. The Labute approximate surface area is 229 Å². The maximum Gasteiger partial charge on any atom is 0.407 e. The number of nitrogens with one attached hydrogen (secondary N) is 2. The Hall–Kier alpha value is -2.77. The molecule has 2 aliphatic heterocycles. The van der Waals surface area contributed by atoms with Gasteiger partial charge in [0.05, 0.1) is 12.5 Å². The molecule has 0 spiro atoms. The van der Waals surface area contributed by atoms with Gasteiger partial charge in [-0.15, -0.1) is 0 Å². The molecule has 2 N–H and O–H groups in total. The number of amides is 2. The highest BCUT2D eigenvalue weighted by Crippen LogP contribution is 2.34. The summed E-state index contributed by atoms with van der Waals surface area (Å²) in [7, 11) is -3.82. The largest absolute Gasteiger partial charge is 0.473 e. The highest BCUT2D eigenvalue weighted by Gasteiger charge is 2.41. The number of pyridine rings is 1. The first-order valence-electron chi connectivity index (χ1n) is 13.1. The van der Waals surface area contributed by atoms with Crippen molar-refractivity contribution in [1.82, 2.24) is 19.9 Å². The van der Waals surface area contributed by atoms with Crippen LogP contribution in [0.25, 0.3) is 0 Å². The van der Waals surface area contributed by atoms with E-state index >= 15 is 0 Å². The number of nitrogens with zero attached hydrogens (tertiary/aromatic N) is 2. The number of hydrogen-bond acceptors (Lipinski definition) is 8. The number of halogens is 1. The van der Waals surface area contributed by atoms with E-state index in [0.29, 0.717) is 32.4 Å². The van der Waals surface area contributed by atoms with E-state index in [-0.39, 0.29) is 54.5 Å². The molecule has 0 saturated carbocycles. The lowest BCUT2D eigenvalue weighted by molar-refractivity contribution is -0.133. The number of ether oxygens (including phenoxy) is 3. The third-order valence-electron chi connectivity index (χ3n) is 6.70. The van der Waals surface area contributed by atoms with Gasteiger partial charge in [0.1, 0.15) is 17.1 Å². The highest BCUT2D eigenvalue weighted by atomic mass is 32.2. The van der Waals surface area contributed by atoms with E-state index in [1.54, 1.807) is 20.8 Å². The molecule has 0 aromatic carbocycles. The summed E-state index contributed by atoms with van der Waals surface area (Å²) >= 11 is 0. The van der Waals surface area contributed by atoms with Gasteiger partial charge in [-0.05, 0) is 52.5 Å². The number of carbonyl (C=O) groups excluding carboxylic acids is 2. The molecule has 0 unspecified atom stereocenters. The van der Waals surface area contributed by atoms with Crippen LogP contribution in [0.2, 0.25) is 0 Å². The zero-order valence-electron chi connectivity index (χ0n) is 23.0. The van der Waals surface area contributed by atoms with E-state index in [4.69, 9.17) is 14.2 Å². The van der Waals surface area contributed by atoms with Crippen molar-refractivity contribution in [2.45, 2.75) is 69.9 Å². The summed E-state index contributed by atoms with van der Waals surface area (Å²) in [5.74, 6) is 0.0548. The molecule has 3 rings (SSSR count). The second kappa shape index (κ2) is 13.1. The minimum absolute atomic E-state index is 0.00189. The summed E-state index contributed by atoms with van der Waals surface area (Å²) < 4.78 is 56.8. The highest BCUT2D eigenvalue weighted by molar-refractivity contribution is 7.89. The predicted octanol–water partition coefficient (Wildman–Crippen LogP) is 2.92. The normalized spacial score (nSPS) is 19.3. The Bertz CT molecular complexity index is 1120. The van der Waals surface area contributed by atoms with Crippen molar-refractivity contribution in [2.75, 3.05) is 39.5 Å². The summed E-state index contributed by atoms with van der Waals surface area (Å²) in [6.07, 6.45) is 3.20. The van der Waals surface area contributed by atoms with Crippen LogP contribution in [-0.4, -0.2) is 80.8 Å². The van der Waals surface area contributed by atoms with Gasteiger partial charge in [0.15, 0.2) is 0 Å². The van der Waals surface area contributed by atoms with Gasteiger partial charge in [-0.25, -0.2) is 22.6 Å². The first-order valence-corrected chi connectivity index (χ1v) is 14.5. The molecule has 39 heavy (non-hydrogen) atoms. The maximum absolute atomic E-state index is 13.2. The van der Waals surface area contributed by atoms with Gasteiger partial charge in [-0.1, -0.05) is 6.92 Å². The monoisotopic (exact) mass is 570 g/mol. The number of alkyl carbamates (subject to hydrolysis) is 1. The second-order valence-corrected chi connectivity index (χ2v) is 13.0. The van der Waals surface area contributed by atoms with Gasteiger partial charge in [-0.2, -0.15) is 4.31 Å². The molecule has 1 aromatic heterocycles. The zero-order valence-corrected chi connectivity index (χ0v) is 23.8. The fourth-order valence-corrected chi connectivity index (χ4v) is 5.58. The zero-order chi connectivity index (χ0) is 28.7. The number of aromatic nitrogens is 1. The number of hydrogen-bond donors (Lipinski definition) is 2. The smallest absolute Gasteiger partial charge is 0.407 e. The topological polar surface area (TPSA) is 136 Å². The van der Waals surface area contributed by atoms with Crippen molar-refractivity contribution in [2.24, 2.45) is 5.41 Å². The summed E-state index contributed by atoms with van der Waals surface area (Å²) in [6, 6.07) is 2.86. The van der Waals surface area contributed by atoms with Crippen LogP contribution < -0.4 is 15.4 Å². The van der Waals surface area contributed by atoms with Gasteiger partial charge in [0, 0.05) is 55.9 Å². The third-order valence-corrected chi connectivity index (χ3v) is 8.58. The molecule has 13 heteroatoms. The molecule has 0 radical (unpaired) electrons. The molecule has 218 valence electrons. The SMILES string of the molecule is CC(C)(C)OC(=O)NCC(=CF)COc1ccc(S(=O)(=O)N2CCC(C)(C(=O)NC3CCOCC3)CC2)cn1. The Morgan fingerprint density at radius 3 is 2.46 bits per heavy atom. The Kier molecular flexibility index (Phi) is 10.3. The van der Waals surface area contributed by atoms with Crippen molar-refractivity contribution in [1.29, 1.82) is 0 Å². The maximum atomic E-state index is 13.2. The van der Waals surface area contributed by atoms with E-state index in [2.05, 4.69) is 15.6 Å². The van der Waals surface area contributed by atoms with Crippen LogP contribution in [0, 0.1) is 5.41 Å². The average Bonchev–Trinajstić information content (AvgIpc) is 2.89. The summed E-state index contributed by atoms with van der Waals surface area (Å²) in [5.41, 5.74) is -1.18. The first-order chi connectivity index (χ1) is 18.3. The molecule has 2 saturated heterocycles. The minimum atomic E-state index is -3.82. The van der Waals surface area contributed by atoms with E-state index in [0.717, 1.165) is 12.8 Å². The average molecular weight is 571 g/mol. The summed E-state index contributed by atoms with van der Waals surface area (Å²) in [4.78, 5) is 28.7. The van der Waals surface area contributed by atoms with Gasteiger partial charge in [-0.3, -0.25) is 4.79 Å². The van der Waals surface area contributed by atoms with Crippen molar-refractivity contribution in [3.8, 4) is 5.88 Å². The number of piperidine rings is 1. The van der Waals surface area contributed by atoms with Crippen molar-refractivity contribution >= 4 is 22.0 Å². The lowest BCUT2D eigenvalue weighted by Crippen LogP contribution is -2.51. The molecule has 0 atom stereocenters. The lowest BCUT2D eigenvalue weighted by atomic mass is 9.80. The van der Waals surface area contributed by atoms with E-state index < -0.39 is 27.1 Å². The summed E-state index contributed by atoms with van der Waals surface area (Å²) in [5, 5.41) is 5.54. The molecule has 0 aliphatic carbocycles. The molecular weight excluding hydrogens is 531 g/mol.